The Labute approximate surface area is 179 Å². The Balaban J connectivity index is 1.67. The first-order valence-corrected chi connectivity index (χ1v) is 10.0. The highest BCUT2D eigenvalue weighted by Gasteiger charge is 2.37. The quantitative estimate of drug-likeness (QED) is 0.726. The molecule has 8 nitrogen and oxygen atoms in total. The molecule has 158 valence electrons. The van der Waals surface area contributed by atoms with Crippen LogP contribution in [-0.2, 0) is 9.59 Å². The molecule has 0 radical (unpaired) electrons. The summed E-state index contributed by atoms with van der Waals surface area (Å²) in [6, 6.07) is 12.3. The minimum absolute atomic E-state index is 0.0185. The third kappa shape index (κ3) is 4.85. The number of amidine groups is 1. The van der Waals surface area contributed by atoms with Crippen molar-refractivity contribution in [1.82, 2.24) is 4.90 Å². The number of aliphatic imine (C=N–C) groups is 1. The Morgan fingerprint density at radius 2 is 1.73 bits per heavy atom. The summed E-state index contributed by atoms with van der Waals surface area (Å²) < 4.78 is 15.6. The van der Waals surface area contributed by atoms with Crippen molar-refractivity contribution in [2.24, 2.45) is 4.99 Å². The van der Waals surface area contributed by atoms with E-state index in [-0.39, 0.29) is 18.2 Å². The SMILES string of the molecule is COc1ccc(N=C2S[C@@H](CC(=O)Nc3ccc(OC)cc3OC)C(=O)N2C)cc1. The minimum Gasteiger partial charge on any atom is -0.497 e. The van der Waals surface area contributed by atoms with Crippen LogP contribution in [0, 0.1) is 0 Å². The Morgan fingerprint density at radius 3 is 2.37 bits per heavy atom. The maximum Gasteiger partial charge on any atom is 0.242 e. The fraction of sp³-hybridized carbons (Fsp3) is 0.286. The molecular weight excluding hydrogens is 406 g/mol. The second kappa shape index (κ2) is 9.53. The lowest BCUT2D eigenvalue weighted by atomic mass is 10.2. The van der Waals surface area contributed by atoms with E-state index < -0.39 is 5.25 Å². The van der Waals surface area contributed by atoms with E-state index in [0.29, 0.717) is 28.0 Å². The van der Waals surface area contributed by atoms with Gasteiger partial charge in [0.2, 0.25) is 11.8 Å². The lowest BCUT2D eigenvalue weighted by Crippen LogP contribution is -2.30. The number of benzene rings is 2. The molecule has 0 saturated carbocycles. The van der Waals surface area contributed by atoms with Gasteiger partial charge in [-0.05, 0) is 36.4 Å². The molecule has 0 bridgehead atoms. The summed E-state index contributed by atoms with van der Waals surface area (Å²) in [4.78, 5) is 31.1. The number of methoxy groups -OCH3 is 3. The molecular formula is C21H23N3O5S. The number of nitrogens with zero attached hydrogens (tertiary/aromatic N) is 2. The van der Waals surface area contributed by atoms with Crippen LogP contribution < -0.4 is 19.5 Å². The van der Waals surface area contributed by atoms with E-state index in [1.54, 1.807) is 63.7 Å². The standard InChI is InChI=1S/C21H23N3O5S/c1-24-20(26)18(30-21(24)22-13-5-7-14(27-2)8-6-13)12-19(25)23-16-10-9-15(28-3)11-17(16)29-4/h5-11,18H,12H2,1-4H3,(H,23,25)/t18-/m0/s1. The predicted molar refractivity (Wildman–Crippen MR) is 117 cm³/mol. The van der Waals surface area contributed by atoms with Crippen LogP contribution in [0.4, 0.5) is 11.4 Å². The first-order chi connectivity index (χ1) is 14.4. The van der Waals surface area contributed by atoms with Crippen molar-refractivity contribution >= 4 is 40.1 Å². The summed E-state index contributed by atoms with van der Waals surface area (Å²) in [5, 5.41) is 2.80. The van der Waals surface area contributed by atoms with Crippen LogP contribution >= 0.6 is 11.8 Å². The van der Waals surface area contributed by atoms with Crippen LogP contribution in [0.1, 0.15) is 6.42 Å². The van der Waals surface area contributed by atoms with Gasteiger partial charge in [0.05, 0.1) is 32.7 Å². The van der Waals surface area contributed by atoms with Gasteiger partial charge in [0.25, 0.3) is 0 Å². The van der Waals surface area contributed by atoms with Crippen LogP contribution in [0.2, 0.25) is 0 Å². The van der Waals surface area contributed by atoms with Gasteiger partial charge in [-0.2, -0.15) is 0 Å². The molecule has 2 aromatic rings. The number of amides is 2. The molecule has 1 heterocycles. The van der Waals surface area contributed by atoms with Gasteiger partial charge in [0, 0.05) is 19.5 Å². The van der Waals surface area contributed by atoms with E-state index in [4.69, 9.17) is 14.2 Å². The molecule has 1 fully saturated rings. The zero-order valence-corrected chi connectivity index (χ0v) is 18.0. The largest absolute Gasteiger partial charge is 0.497 e. The Hall–Kier alpha value is -3.20. The summed E-state index contributed by atoms with van der Waals surface area (Å²) in [5.74, 6) is 1.37. The third-order valence-electron chi connectivity index (χ3n) is 4.49. The van der Waals surface area contributed by atoms with Gasteiger partial charge in [-0.3, -0.25) is 14.5 Å². The number of hydrogen-bond acceptors (Lipinski definition) is 7. The average molecular weight is 429 g/mol. The van der Waals surface area contributed by atoms with E-state index in [9.17, 15) is 9.59 Å². The van der Waals surface area contributed by atoms with Crippen molar-refractivity contribution in [3.63, 3.8) is 0 Å². The molecule has 9 heteroatoms. The summed E-state index contributed by atoms with van der Waals surface area (Å²) in [7, 11) is 6.31. The number of nitrogens with one attached hydrogen (secondary N) is 1. The lowest BCUT2D eigenvalue weighted by molar-refractivity contribution is -0.127. The van der Waals surface area contributed by atoms with Gasteiger partial charge < -0.3 is 19.5 Å². The number of carbonyl (C=O) groups excluding carboxylic acids is 2. The summed E-state index contributed by atoms with van der Waals surface area (Å²) in [6.45, 7) is 0. The summed E-state index contributed by atoms with van der Waals surface area (Å²) in [6.07, 6.45) is 0.0185. The number of thioether (sulfide) groups is 1. The highest BCUT2D eigenvalue weighted by atomic mass is 32.2. The highest BCUT2D eigenvalue weighted by Crippen LogP contribution is 2.33. The molecule has 0 aromatic heterocycles. The van der Waals surface area contributed by atoms with E-state index in [1.807, 2.05) is 0 Å². The van der Waals surface area contributed by atoms with Crippen molar-refractivity contribution < 1.29 is 23.8 Å². The van der Waals surface area contributed by atoms with Crippen molar-refractivity contribution in [3.8, 4) is 17.2 Å². The fourth-order valence-corrected chi connectivity index (χ4v) is 3.99. The maximum atomic E-state index is 12.6. The summed E-state index contributed by atoms with van der Waals surface area (Å²) in [5.41, 5.74) is 1.21. The summed E-state index contributed by atoms with van der Waals surface area (Å²) >= 11 is 1.27. The van der Waals surface area contributed by atoms with E-state index >= 15 is 0 Å². The maximum absolute atomic E-state index is 12.6. The van der Waals surface area contributed by atoms with Crippen LogP contribution in [0.5, 0.6) is 17.2 Å². The third-order valence-corrected chi connectivity index (χ3v) is 5.72. The first-order valence-electron chi connectivity index (χ1n) is 9.14. The molecule has 1 atom stereocenters. The Kier molecular flexibility index (Phi) is 6.83. The molecule has 30 heavy (non-hydrogen) atoms. The number of rotatable bonds is 7. The number of ether oxygens (including phenoxy) is 3. The zero-order chi connectivity index (χ0) is 21.7. The van der Waals surface area contributed by atoms with Crippen molar-refractivity contribution in [1.29, 1.82) is 0 Å². The van der Waals surface area contributed by atoms with Crippen LogP contribution in [0.25, 0.3) is 0 Å². The predicted octanol–water partition coefficient (Wildman–Crippen LogP) is 3.30. The van der Waals surface area contributed by atoms with Gasteiger partial charge in [-0.1, -0.05) is 11.8 Å². The molecule has 0 aliphatic carbocycles. The molecule has 0 unspecified atom stereocenters. The number of carbonyl (C=O) groups is 2. The molecule has 1 aliphatic rings. The second-order valence-corrected chi connectivity index (χ2v) is 7.58. The molecule has 2 aromatic carbocycles. The smallest absolute Gasteiger partial charge is 0.242 e. The molecule has 2 amide bonds. The van der Waals surface area contributed by atoms with Gasteiger partial charge in [0.1, 0.15) is 22.5 Å². The van der Waals surface area contributed by atoms with Crippen LogP contribution in [-0.4, -0.2) is 55.5 Å². The average Bonchev–Trinajstić information content (AvgIpc) is 3.02. The molecule has 1 aliphatic heterocycles. The van der Waals surface area contributed by atoms with Crippen molar-refractivity contribution in [2.75, 3.05) is 33.7 Å². The molecule has 3 rings (SSSR count). The number of hydrogen-bond donors (Lipinski definition) is 1. The Morgan fingerprint density at radius 1 is 1.07 bits per heavy atom. The van der Waals surface area contributed by atoms with Crippen LogP contribution in [0.15, 0.2) is 47.5 Å². The molecule has 1 N–H and O–H groups in total. The van der Waals surface area contributed by atoms with Gasteiger partial charge >= 0.3 is 0 Å². The van der Waals surface area contributed by atoms with E-state index in [0.717, 1.165) is 5.75 Å². The van der Waals surface area contributed by atoms with Crippen molar-refractivity contribution in [2.45, 2.75) is 11.7 Å². The van der Waals surface area contributed by atoms with Gasteiger partial charge in [-0.25, -0.2) is 4.99 Å². The van der Waals surface area contributed by atoms with E-state index in [1.165, 1.54) is 23.8 Å². The monoisotopic (exact) mass is 429 g/mol. The minimum atomic E-state index is -0.545. The second-order valence-electron chi connectivity index (χ2n) is 6.41. The first kappa shape index (κ1) is 21.5. The molecule has 0 spiro atoms. The van der Waals surface area contributed by atoms with Gasteiger partial charge in [-0.15, -0.1) is 0 Å². The van der Waals surface area contributed by atoms with E-state index in [2.05, 4.69) is 10.3 Å². The zero-order valence-electron chi connectivity index (χ0n) is 17.2. The van der Waals surface area contributed by atoms with Gasteiger partial charge in [0.15, 0.2) is 5.17 Å². The highest BCUT2D eigenvalue weighted by molar-refractivity contribution is 8.15. The number of anilines is 1. The van der Waals surface area contributed by atoms with Crippen molar-refractivity contribution in [3.05, 3.63) is 42.5 Å². The fourth-order valence-electron chi connectivity index (χ4n) is 2.84. The molecule has 1 saturated heterocycles. The Bertz CT molecular complexity index is 962. The normalized spacial score (nSPS) is 17.2. The lowest BCUT2D eigenvalue weighted by Gasteiger charge is -2.12. The van der Waals surface area contributed by atoms with Crippen LogP contribution in [0.3, 0.4) is 0 Å². The topological polar surface area (TPSA) is 89.5 Å².